The Morgan fingerprint density at radius 3 is 1.53 bits per heavy atom. The van der Waals surface area contributed by atoms with E-state index in [1.165, 1.54) is 0 Å². The van der Waals surface area contributed by atoms with Gasteiger partial charge in [-0.3, -0.25) is 5.32 Å². The lowest BCUT2D eigenvalue weighted by Crippen LogP contribution is -2.47. The highest BCUT2D eigenvalue weighted by molar-refractivity contribution is 5.16. The average molecular weight is 472 g/mol. The van der Waals surface area contributed by atoms with Crippen LogP contribution in [0.2, 0.25) is 0 Å². The van der Waals surface area contributed by atoms with Gasteiger partial charge in [-0.25, -0.2) is 0 Å². The number of benzene rings is 3. The average Bonchev–Trinajstić information content (AvgIpc) is 3.21. The molecule has 0 amide bonds. The molecule has 0 unspecified atom stereocenters. The van der Waals surface area contributed by atoms with E-state index in [2.05, 4.69) is 5.32 Å². The highest BCUT2D eigenvalue weighted by Crippen LogP contribution is 2.34. The number of halogens is 3. The third kappa shape index (κ3) is 6.67. The minimum absolute atomic E-state index is 0.0581. The van der Waals surface area contributed by atoms with Gasteiger partial charge in [-0.1, -0.05) is 91.0 Å². The molecule has 4 nitrogen and oxygen atoms in total. The molecule has 0 aromatic heterocycles. The smallest absolute Gasteiger partial charge is 0.375 e. The molecule has 34 heavy (non-hydrogen) atoms. The summed E-state index contributed by atoms with van der Waals surface area (Å²) < 4.78 is 59.7. The molecule has 4 atom stereocenters. The van der Waals surface area contributed by atoms with E-state index in [9.17, 15) is 13.2 Å². The first-order valence-corrected chi connectivity index (χ1v) is 11.3. The molecular weight excluding hydrogens is 443 g/mol. The van der Waals surface area contributed by atoms with Crippen molar-refractivity contribution < 1.29 is 27.4 Å². The van der Waals surface area contributed by atoms with E-state index in [-0.39, 0.29) is 19.8 Å². The highest BCUT2D eigenvalue weighted by atomic mass is 19.4. The van der Waals surface area contributed by atoms with Gasteiger partial charge < -0.3 is 14.2 Å². The first-order valence-electron chi connectivity index (χ1n) is 11.3. The zero-order valence-corrected chi connectivity index (χ0v) is 18.7. The van der Waals surface area contributed by atoms with Crippen LogP contribution < -0.4 is 5.32 Å². The van der Waals surface area contributed by atoms with Crippen LogP contribution in [0.3, 0.4) is 0 Å². The molecule has 1 fully saturated rings. The Morgan fingerprint density at radius 1 is 0.618 bits per heavy atom. The Bertz CT molecular complexity index is 986. The van der Waals surface area contributed by atoms with Gasteiger partial charge in [0.1, 0.15) is 18.2 Å². The SMILES string of the molecule is FC(F)(F)[C@H]1N[C@H](COCc2ccccc2)[C@@H](OCc2ccccc2)[C@@H]1OCc1ccccc1. The molecule has 1 saturated heterocycles. The monoisotopic (exact) mass is 471 g/mol. The summed E-state index contributed by atoms with van der Waals surface area (Å²) in [5.41, 5.74) is 2.63. The predicted molar refractivity (Wildman–Crippen MR) is 123 cm³/mol. The fourth-order valence-electron chi connectivity index (χ4n) is 4.08. The first kappa shape index (κ1) is 24.4. The maximum absolute atomic E-state index is 14.0. The maximum atomic E-state index is 14.0. The van der Waals surface area contributed by atoms with Crippen LogP contribution in [0.5, 0.6) is 0 Å². The van der Waals surface area contributed by atoms with Gasteiger partial charge in [-0.2, -0.15) is 13.2 Å². The van der Waals surface area contributed by atoms with Gasteiger partial charge in [0.2, 0.25) is 0 Å². The molecule has 1 aliphatic rings. The third-order valence-electron chi connectivity index (χ3n) is 5.77. The molecule has 7 heteroatoms. The zero-order valence-electron chi connectivity index (χ0n) is 18.7. The van der Waals surface area contributed by atoms with Gasteiger partial charge in [0.25, 0.3) is 0 Å². The Hall–Kier alpha value is -2.71. The molecule has 0 aliphatic carbocycles. The van der Waals surface area contributed by atoms with Crippen molar-refractivity contribution in [2.75, 3.05) is 6.61 Å². The number of ether oxygens (including phenoxy) is 3. The molecule has 0 saturated carbocycles. The van der Waals surface area contributed by atoms with Crippen LogP contribution in [0.15, 0.2) is 91.0 Å². The minimum Gasteiger partial charge on any atom is -0.375 e. The molecule has 3 aromatic carbocycles. The lowest BCUT2D eigenvalue weighted by atomic mass is 10.1. The second-order valence-corrected chi connectivity index (χ2v) is 8.32. The van der Waals surface area contributed by atoms with E-state index in [4.69, 9.17) is 14.2 Å². The molecule has 1 aliphatic heterocycles. The molecular formula is C27H28F3NO3. The summed E-state index contributed by atoms with van der Waals surface area (Å²) in [5.74, 6) is 0. The van der Waals surface area contributed by atoms with Crippen molar-refractivity contribution in [3.05, 3.63) is 108 Å². The molecule has 0 radical (unpaired) electrons. The molecule has 0 spiro atoms. The van der Waals surface area contributed by atoms with E-state index in [0.29, 0.717) is 6.61 Å². The summed E-state index contributed by atoms with van der Waals surface area (Å²) in [6.45, 7) is 0.601. The molecule has 3 aromatic rings. The summed E-state index contributed by atoms with van der Waals surface area (Å²) in [5, 5.41) is 2.69. The maximum Gasteiger partial charge on any atom is 0.406 e. The van der Waals surface area contributed by atoms with Crippen molar-refractivity contribution in [2.24, 2.45) is 0 Å². The quantitative estimate of drug-likeness (QED) is 0.437. The van der Waals surface area contributed by atoms with Crippen molar-refractivity contribution >= 4 is 0 Å². The number of alkyl halides is 3. The fraction of sp³-hybridized carbons (Fsp3) is 0.333. The number of rotatable bonds is 10. The predicted octanol–water partition coefficient (Wildman–Crippen LogP) is 5.28. The lowest BCUT2D eigenvalue weighted by molar-refractivity contribution is -0.188. The van der Waals surface area contributed by atoms with Crippen LogP contribution in [0, 0.1) is 0 Å². The summed E-state index contributed by atoms with van der Waals surface area (Å²) in [7, 11) is 0. The normalized spacial score (nSPS) is 22.7. The van der Waals surface area contributed by atoms with Crippen LogP contribution in [0.1, 0.15) is 16.7 Å². The summed E-state index contributed by atoms with van der Waals surface area (Å²) in [4.78, 5) is 0. The Labute approximate surface area is 197 Å². The number of hydrogen-bond acceptors (Lipinski definition) is 4. The second-order valence-electron chi connectivity index (χ2n) is 8.32. The van der Waals surface area contributed by atoms with Crippen LogP contribution in [0.25, 0.3) is 0 Å². The summed E-state index contributed by atoms with van der Waals surface area (Å²) in [6, 6.07) is 25.5. The van der Waals surface area contributed by atoms with Gasteiger partial charge in [-0.15, -0.1) is 0 Å². The topological polar surface area (TPSA) is 39.7 Å². The molecule has 4 rings (SSSR count). The molecule has 1 N–H and O–H groups in total. The van der Waals surface area contributed by atoms with Crippen molar-refractivity contribution in [2.45, 2.75) is 50.3 Å². The van der Waals surface area contributed by atoms with E-state index in [0.717, 1.165) is 16.7 Å². The summed E-state index contributed by atoms with van der Waals surface area (Å²) >= 11 is 0. The van der Waals surface area contributed by atoms with Crippen LogP contribution in [-0.2, 0) is 34.0 Å². The van der Waals surface area contributed by atoms with E-state index in [1.807, 2.05) is 91.0 Å². The van der Waals surface area contributed by atoms with Crippen molar-refractivity contribution in [1.29, 1.82) is 0 Å². The Balaban J connectivity index is 1.49. The number of nitrogens with one attached hydrogen (secondary N) is 1. The largest absolute Gasteiger partial charge is 0.406 e. The Morgan fingerprint density at radius 2 is 1.06 bits per heavy atom. The zero-order chi connectivity index (χ0) is 23.8. The molecule has 0 bridgehead atoms. The highest BCUT2D eigenvalue weighted by Gasteiger charge is 2.56. The van der Waals surface area contributed by atoms with Crippen LogP contribution >= 0.6 is 0 Å². The van der Waals surface area contributed by atoms with Gasteiger partial charge >= 0.3 is 6.18 Å². The van der Waals surface area contributed by atoms with E-state index >= 15 is 0 Å². The lowest BCUT2D eigenvalue weighted by Gasteiger charge is -2.27. The van der Waals surface area contributed by atoms with Crippen LogP contribution in [-0.4, -0.2) is 37.1 Å². The van der Waals surface area contributed by atoms with Gasteiger partial charge in [0.15, 0.2) is 0 Å². The van der Waals surface area contributed by atoms with E-state index in [1.54, 1.807) is 0 Å². The van der Waals surface area contributed by atoms with Crippen molar-refractivity contribution in [3.8, 4) is 0 Å². The second kappa shape index (κ2) is 11.6. The molecule has 1 heterocycles. The minimum atomic E-state index is -4.50. The van der Waals surface area contributed by atoms with E-state index < -0.39 is 30.5 Å². The summed E-state index contributed by atoms with van der Waals surface area (Å²) in [6.07, 6.45) is -6.55. The van der Waals surface area contributed by atoms with Crippen molar-refractivity contribution in [1.82, 2.24) is 5.32 Å². The molecule has 180 valence electrons. The Kier molecular flexibility index (Phi) is 8.34. The number of hydrogen-bond donors (Lipinski definition) is 1. The van der Waals surface area contributed by atoms with Crippen LogP contribution in [0.4, 0.5) is 13.2 Å². The third-order valence-corrected chi connectivity index (χ3v) is 5.77. The fourth-order valence-corrected chi connectivity index (χ4v) is 4.08. The first-order chi connectivity index (χ1) is 16.5. The van der Waals surface area contributed by atoms with Gasteiger partial charge in [-0.05, 0) is 16.7 Å². The van der Waals surface area contributed by atoms with Gasteiger partial charge in [0, 0.05) is 0 Å². The standard InChI is InChI=1S/C27H28F3NO3/c28-27(29,30)26-25(34-18-22-14-8-3-9-15-22)24(33-17-21-12-6-2-7-13-21)23(31-26)19-32-16-20-10-4-1-5-11-20/h1-15,23-26,31H,16-19H2/t23-,24-,25+,26+/m1/s1. The van der Waals surface area contributed by atoms with Gasteiger partial charge in [0.05, 0.1) is 32.5 Å². The van der Waals surface area contributed by atoms with Crippen molar-refractivity contribution in [3.63, 3.8) is 0 Å².